The molecule has 6 nitrogen and oxygen atoms in total. The molecule has 0 bridgehead atoms. The molecule has 0 saturated heterocycles. The highest BCUT2D eigenvalue weighted by Gasteiger charge is 2.25. The molecule has 2 amide bonds. The van der Waals surface area contributed by atoms with E-state index in [1.54, 1.807) is 13.8 Å². The van der Waals surface area contributed by atoms with Gasteiger partial charge in [0.25, 0.3) is 0 Å². The molecular formula is C16H20F2N2O4. The smallest absolute Gasteiger partial charge is 0.308 e. The number of benzene rings is 1. The monoisotopic (exact) mass is 342 g/mol. The summed E-state index contributed by atoms with van der Waals surface area (Å²) in [6.07, 6.45) is -0.421. The first-order valence-electron chi connectivity index (χ1n) is 7.43. The summed E-state index contributed by atoms with van der Waals surface area (Å²) in [5.74, 6) is -4.26. The molecule has 3 N–H and O–H groups in total. The van der Waals surface area contributed by atoms with Crippen molar-refractivity contribution < 1.29 is 27.9 Å². The summed E-state index contributed by atoms with van der Waals surface area (Å²) >= 11 is 0. The number of carbonyl (C=O) groups is 3. The summed E-state index contributed by atoms with van der Waals surface area (Å²) in [5.41, 5.74) is 5.20. The van der Waals surface area contributed by atoms with Crippen molar-refractivity contribution in [1.82, 2.24) is 5.32 Å². The van der Waals surface area contributed by atoms with Gasteiger partial charge >= 0.3 is 5.97 Å². The fourth-order valence-corrected chi connectivity index (χ4v) is 2.06. The molecule has 0 aliphatic heterocycles. The largest absolute Gasteiger partial charge is 0.466 e. The first-order valence-corrected chi connectivity index (χ1v) is 7.43. The van der Waals surface area contributed by atoms with E-state index in [0.29, 0.717) is 6.07 Å². The van der Waals surface area contributed by atoms with Crippen LogP contribution in [-0.4, -0.2) is 30.4 Å². The van der Waals surface area contributed by atoms with Gasteiger partial charge in [-0.05, 0) is 25.0 Å². The van der Waals surface area contributed by atoms with Crippen LogP contribution in [-0.2, 0) is 25.5 Å². The zero-order chi connectivity index (χ0) is 18.3. The second-order valence-corrected chi connectivity index (χ2v) is 5.32. The quantitative estimate of drug-likeness (QED) is 0.690. The van der Waals surface area contributed by atoms with E-state index in [4.69, 9.17) is 10.5 Å². The zero-order valence-electron chi connectivity index (χ0n) is 13.5. The van der Waals surface area contributed by atoms with Gasteiger partial charge in [0.1, 0.15) is 17.7 Å². The van der Waals surface area contributed by atoms with Crippen molar-refractivity contribution in [2.24, 2.45) is 11.7 Å². The topological polar surface area (TPSA) is 98.5 Å². The van der Waals surface area contributed by atoms with E-state index in [2.05, 4.69) is 5.32 Å². The number of halogens is 2. The summed E-state index contributed by atoms with van der Waals surface area (Å²) < 4.78 is 31.2. The average Bonchev–Trinajstić information content (AvgIpc) is 2.49. The SMILES string of the molecule is CCOC(=O)[C@@H](C)C[C@H](NC(=O)Cc1ccc(F)cc1F)C(N)=O. The fraction of sp³-hybridized carbons (Fsp3) is 0.438. The van der Waals surface area contributed by atoms with Gasteiger partial charge in [-0.3, -0.25) is 14.4 Å². The van der Waals surface area contributed by atoms with Crippen LogP contribution >= 0.6 is 0 Å². The van der Waals surface area contributed by atoms with E-state index in [1.165, 1.54) is 0 Å². The molecule has 1 rings (SSSR count). The summed E-state index contributed by atoms with van der Waals surface area (Å²) in [4.78, 5) is 35.0. The number of amides is 2. The molecule has 1 aromatic carbocycles. The average molecular weight is 342 g/mol. The molecule has 0 aliphatic carbocycles. The van der Waals surface area contributed by atoms with E-state index >= 15 is 0 Å². The van der Waals surface area contributed by atoms with Gasteiger partial charge in [0, 0.05) is 6.07 Å². The number of rotatable bonds is 8. The van der Waals surface area contributed by atoms with Crippen LogP contribution in [0, 0.1) is 17.6 Å². The van der Waals surface area contributed by atoms with Gasteiger partial charge in [0.15, 0.2) is 0 Å². The van der Waals surface area contributed by atoms with Crippen LogP contribution in [0.2, 0.25) is 0 Å². The van der Waals surface area contributed by atoms with Gasteiger partial charge in [-0.15, -0.1) is 0 Å². The summed E-state index contributed by atoms with van der Waals surface area (Å²) in [6, 6.07) is 1.74. The van der Waals surface area contributed by atoms with Crippen molar-refractivity contribution in [2.75, 3.05) is 6.61 Å². The van der Waals surface area contributed by atoms with E-state index in [0.717, 1.165) is 12.1 Å². The second kappa shape index (κ2) is 8.95. The van der Waals surface area contributed by atoms with Gasteiger partial charge in [0.05, 0.1) is 18.9 Å². The summed E-state index contributed by atoms with van der Waals surface area (Å²) in [5, 5.41) is 2.35. The third-order valence-corrected chi connectivity index (χ3v) is 3.32. The lowest BCUT2D eigenvalue weighted by Gasteiger charge is -2.19. The van der Waals surface area contributed by atoms with Crippen LogP contribution in [0.25, 0.3) is 0 Å². The molecule has 0 radical (unpaired) electrons. The lowest BCUT2D eigenvalue weighted by Crippen LogP contribution is -2.46. The Morgan fingerprint density at radius 2 is 1.96 bits per heavy atom. The zero-order valence-corrected chi connectivity index (χ0v) is 13.5. The maximum Gasteiger partial charge on any atom is 0.308 e. The Morgan fingerprint density at radius 1 is 1.29 bits per heavy atom. The maximum atomic E-state index is 13.5. The van der Waals surface area contributed by atoms with Crippen LogP contribution in [0.5, 0.6) is 0 Å². The fourth-order valence-electron chi connectivity index (χ4n) is 2.06. The van der Waals surface area contributed by atoms with Crippen molar-refractivity contribution in [3.63, 3.8) is 0 Å². The number of esters is 1. The number of carbonyl (C=O) groups excluding carboxylic acids is 3. The third-order valence-electron chi connectivity index (χ3n) is 3.32. The number of hydrogen-bond donors (Lipinski definition) is 2. The van der Waals surface area contributed by atoms with Gasteiger partial charge in [0.2, 0.25) is 11.8 Å². The molecule has 8 heteroatoms. The minimum atomic E-state index is -1.10. The van der Waals surface area contributed by atoms with Crippen LogP contribution in [0.3, 0.4) is 0 Å². The lowest BCUT2D eigenvalue weighted by atomic mass is 10.0. The van der Waals surface area contributed by atoms with Gasteiger partial charge in [-0.2, -0.15) is 0 Å². The minimum Gasteiger partial charge on any atom is -0.466 e. The maximum absolute atomic E-state index is 13.5. The standard InChI is InChI=1S/C16H20F2N2O4/c1-3-24-16(23)9(2)6-13(15(19)22)20-14(21)7-10-4-5-11(17)8-12(10)18/h4-5,8-9,13H,3,6-7H2,1-2H3,(H2,19,22)(H,20,21)/t9-,13-/m0/s1. The number of ether oxygens (including phenoxy) is 1. The number of nitrogens with two attached hydrogens (primary N) is 1. The molecule has 24 heavy (non-hydrogen) atoms. The molecular weight excluding hydrogens is 322 g/mol. The highest BCUT2D eigenvalue weighted by atomic mass is 19.1. The number of hydrogen-bond acceptors (Lipinski definition) is 4. The van der Waals surface area contributed by atoms with Crippen LogP contribution in [0.15, 0.2) is 18.2 Å². The number of nitrogens with one attached hydrogen (secondary N) is 1. The van der Waals surface area contributed by atoms with E-state index < -0.39 is 41.4 Å². The molecule has 0 spiro atoms. The Kier molecular flexibility index (Phi) is 7.29. The van der Waals surface area contributed by atoms with Crippen LogP contribution in [0.1, 0.15) is 25.8 Å². The minimum absolute atomic E-state index is 0.0180. The predicted octanol–water partition coefficient (Wildman–Crippen LogP) is 1.07. The van der Waals surface area contributed by atoms with Gasteiger partial charge in [-0.1, -0.05) is 13.0 Å². The van der Waals surface area contributed by atoms with E-state index in [-0.39, 0.29) is 25.0 Å². The Balaban J connectivity index is 2.69. The molecule has 0 aromatic heterocycles. The Bertz CT molecular complexity index is 622. The predicted molar refractivity (Wildman–Crippen MR) is 81.6 cm³/mol. The molecule has 1 aromatic rings. The third kappa shape index (κ3) is 5.94. The van der Waals surface area contributed by atoms with Crippen molar-refractivity contribution in [1.29, 1.82) is 0 Å². The van der Waals surface area contributed by atoms with Crippen molar-refractivity contribution in [2.45, 2.75) is 32.7 Å². The Hall–Kier alpha value is -2.51. The Morgan fingerprint density at radius 3 is 2.50 bits per heavy atom. The molecule has 0 aliphatic rings. The molecule has 0 unspecified atom stereocenters. The lowest BCUT2D eigenvalue weighted by molar-refractivity contribution is -0.148. The van der Waals surface area contributed by atoms with E-state index in [9.17, 15) is 23.2 Å². The molecule has 0 saturated carbocycles. The van der Waals surface area contributed by atoms with Gasteiger partial charge < -0.3 is 15.8 Å². The highest BCUT2D eigenvalue weighted by Crippen LogP contribution is 2.12. The molecule has 132 valence electrons. The number of primary amides is 1. The van der Waals surface area contributed by atoms with Crippen molar-refractivity contribution >= 4 is 17.8 Å². The van der Waals surface area contributed by atoms with Crippen molar-refractivity contribution in [3.05, 3.63) is 35.4 Å². The van der Waals surface area contributed by atoms with Crippen LogP contribution < -0.4 is 11.1 Å². The Labute approximate surface area is 138 Å². The van der Waals surface area contributed by atoms with Crippen LogP contribution in [0.4, 0.5) is 8.78 Å². The van der Waals surface area contributed by atoms with E-state index in [1.807, 2.05) is 0 Å². The van der Waals surface area contributed by atoms with Crippen molar-refractivity contribution in [3.8, 4) is 0 Å². The molecule has 0 fully saturated rings. The first-order chi connectivity index (χ1) is 11.2. The van der Waals surface area contributed by atoms with Gasteiger partial charge in [-0.25, -0.2) is 8.78 Å². The molecule has 2 atom stereocenters. The normalized spacial score (nSPS) is 13.0. The molecule has 0 heterocycles. The second-order valence-electron chi connectivity index (χ2n) is 5.32. The summed E-state index contributed by atoms with van der Waals surface area (Å²) in [6.45, 7) is 3.38. The summed E-state index contributed by atoms with van der Waals surface area (Å²) in [7, 11) is 0. The highest BCUT2D eigenvalue weighted by molar-refractivity contribution is 5.88. The first kappa shape index (κ1) is 19.5.